The van der Waals surface area contributed by atoms with Crippen LogP contribution in [0.15, 0.2) is 0 Å². The lowest BCUT2D eigenvalue weighted by Crippen LogP contribution is -2.57. The van der Waals surface area contributed by atoms with Crippen LogP contribution in [0, 0.1) is 16.7 Å². The summed E-state index contributed by atoms with van der Waals surface area (Å²) in [5.74, 6) is -1.21. The summed E-state index contributed by atoms with van der Waals surface area (Å²) in [6, 6.07) is -1.45. The van der Waals surface area contributed by atoms with Crippen LogP contribution in [0.2, 0.25) is 0 Å². The molecule has 1 aliphatic heterocycles. The monoisotopic (exact) mass is 759 g/mol. The molecule has 306 valence electrons. The van der Waals surface area contributed by atoms with Crippen LogP contribution in [0.1, 0.15) is 146 Å². The van der Waals surface area contributed by atoms with E-state index in [1.807, 2.05) is 46.6 Å². The third-order valence-electron chi connectivity index (χ3n) is 9.74. The lowest BCUT2D eigenvalue weighted by Gasteiger charge is -2.39. The van der Waals surface area contributed by atoms with E-state index in [1.165, 1.54) is 12.8 Å². The van der Waals surface area contributed by atoms with E-state index in [9.17, 15) is 28.2 Å². The van der Waals surface area contributed by atoms with Crippen LogP contribution in [0.4, 0.5) is 4.79 Å². The van der Waals surface area contributed by atoms with E-state index in [4.69, 9.17) is 5.73 Å². The van der Waals surface area contributed by atoms with Crippen molar-refractivity contribution >= 4 is 40.9 Å². The Morgan fingerprint density at radius 2 is 1.58 bits per heavy atom. The number of primary amides is 1. The smallest absolute Gasteiger partial charge is 0.315 e. The molecule has 12 nitrogen and oxygen atoms in total. The van der Waals surface area contributed by atoms with Crippen LogP contribution < -0.4 is 21.7 Å². The van der Waals surface area contributed by atoms with Crippen molar-refractivity contribution in [3.63, 3.8) is 0 Å². The van der Waals surface area contributed by atoms with Crippen LogP contribution >= 0.6 is 0 Å². The molecule has 6 unspecified atom stereocenters. The van der Waals surface area contributed by atoms with E-state index >= 15 is 0 Å². The summed E-state index contributed by atoms with van der Waals surface area (Å²) in [6.45, 7) is 22.0. The Bertz CT molecular complexity index is 1080. The minimum atomic E-state index is -1.10. The molecule has 1 heterocycles. The van der Waals surface area contributed by atoms with Gasteiger partial charge in [0, 0.05) is 31.3 Å². The first-order valence-corrected chi connectivity index (χ1v) is 21.2. The SMILES string of the molecule is CC.CCC.CCCC(C)CC(CC(=O)C(N)=O)NC(=O)C1CCCN1C.CN(CC(NC(=O)NC(C=O)C1(C)CCCCC1)C(C)(C)C)S(C)=O. The van der Waals surface area contributed by atoms with Crippen LogP contribution in [-0.2, 0) is 30.2 Å². The quantitative estimate of drug-likeness (QED) is 0.115. The Balaban J connectivity index is 0. The van der Waals surface area contributed by atoms with E-state index in [2.05, 4.69) is 50.6 Å². The van der Waals surface area contributed by atoms with Gasteiger partial charge in [0.1, 0.15) is 6.29 Å². The molecule has 6 atom stereocenters. The van der Waals surface area contributed by atoms with Crippen LogP contribution in [-0.4, -0.2) is 101 Å². The van der Waals surface area contributed by atoms with Crippen molar-refractivity contribution < 1.29 is 28.2 Å². The molecular weight excluding hydrogens is 681 g/mol. The van der Waals surface area contributed by atoms with Crippen molar-refractivity contribution in [2.45, 2.75) is 170 Å². The van der Waals surface area contributed by atoms with E-state index in [-0.39, 0.29) is 47.3 Å². The molecule has 0 bridgehead atoms. The van der Waals surface area contributed by atoms with E-state index in [1.54, 1.807) is 17.6 Å². The van der Waals surface area contributed by atoms with Crippen LogP contribution in [0.3, 0.4) is 0 Å². The number of likely N-dealkylation sites (N-methyl/N-ethyl adjacent to an activating group) is 2. The Kier molecular flexibility index (Phi) is 27.1. The Labute approximate surface area is 319 Å². The number of urea groups is 1. The number of nitrogens with two attached hydrogens (primary N) is 1. The second-order valence-corrected chi connectivity index (χ2v) is 17.2. The fourth-order valence-corrected chi connectivity index (χ4v) is 6.79. The number of rotatable bonds is 16. The number of hydrogen-bond donors (Lipinski definition) is 4. The molecule has 0 aromatic heterocycles. The summed E-state index contributed by atoms with van der Waals surface area (Å²) in [6.07, 6.45) is 13.6. The first-order valence-electron chi connectivity index (χ1n) is 19.7. The van der Waals surface area contributed by atoms with Gasteiger partial charge in [-0.1, -0.05) is 108 Å². The number of carbonyl (C=O) groups excluding carboxylic acids is 5. The van der Waals surface area contributed by atoms with Gasteiger partial charge in [-0.2, -0.15) is 0 Å². The highest BCUT2D eigenvalue weighted by Gasteiger charge is 2.37. The fraction of sp³-hybridized carbons (Fsp3) is 0.872. The summed E-state index contributed by atoms with van der Waals surface area (Å²) < 4.78 is 13.3. The van der Waals surface area contributed by atoms with Gasteiger partial charge in [-0.3, -0.25) is 19.3 Å². The van der Waals surface area contributed by atoms with E-state index in [0.29, 0.717) is 18.9 Å². The maximum absolute atomic E-state index is 12.5. The molecule has 0 radical (unpaired) electrons. The normalized spacial score (nSPS) is 19.7. The number of hydrogen-bond acceptors (Lipinski definition) is 7. The lowest BCUT2D eigenvalue weighted by atomic mass is 9.71. The molecule has 4 amide bonds. The van der Waals surface area contributed by atoms with Crippen molar-refractivity contribution in [2.24, 2.45) is 22.5 Å². The zero-order valence-corrected chi connectivity index (χ0v) is 36.0. The zero-order chi connectivity index (χ0) is 40.7. The second-order valence-electron chi connectivity index (χ2n) is 15.8. The van der Waals surface area contributed by atoms with Gasteiger partial charge in [-0.15, -0.1) is 0 Å². The van der Waals surface area contributed by atoms with Gasteiger partial charge in [0.05, 0.1) is 23.1 Å². The standard InChI is InChI=1S/C18H35N3O3S.C16H29N3O3.C3H8.C2H6/c1-17(2,3)14(12-21(5)25(6)24)19-16(23)20-15(13-22)18(4)10-8-7-9-11-18;1-4-6-11(2)9-12(10-14(20)15(17)21)18-16(22)13-7-5-8-19(13)3;1-3-2;1-2/h13-15H,7-12H2,1-6H3,(H2,19,20,23);11-13H,4-10H2,1-3H3,(H2,17,21)(H,18,22);3H2,1-2H3;1-2H3. The predicted octanol–water partition coefficient (Wildman–Crippen LogP) is 5.74. The Morgan fingerprint density at radius 3 is 2.00 bits per heavy atom. The third kappa shape index (κ3) is 20.8. The molecule has 13 heteroatoms. The molecule has 52 heavy (non-hydrogen) atoms. The van der Waals surface area contributed by atoms with Crippen LogP contribution in [0.5, 0.6) is 0 Å². The molecule has 0 aromatic rings. The predicted molar refractivity (Wildman–Crippen MR) is 215 cm³/mol. The highest BCUT2D eigenvalue weighted by Crippen LogP contribution is 2.38. The van der Waals surface area contributed by atoms with Crippen LogP contribution in [0.25, 0.3) is 0 Å². The molecule has 1 saturated heterocycles. The Morgan fingerprint density at radius 1 is 1.02 bits per heavy atom. The molecular formula is C39H78N6O6S. The number of likely N-dealkylation sites (tertiary alicyclic amines) is 1. The second kappa shape index (κ2) is 27.2. The Hall–Kier alpha value is -2.38. The number of carbonyl (C=O) groups is 5. The number of nitrogens with zero attached hydrogens (tertiary/aromatic N) is 2. The third-order valence-corrected chi connectivity index (χ3v) is 10.8. The molecule has 2 rings (SSSR count). The average molecular weight is 759 g/mol. The number of aldehydes is 1. The minimum Gasteiger partial charge on any atom is -0.363 e. The molecule has 0 aromatic carbocycles. The van der Waals surface area contributed by atoms with Crippen molar-refractivity contribution in [2.75, 3.05) is 33.4 Å². The van der Waals surface area contributed by atoms with Crippen molar-refractivity contribution in [1.29, 1.82) is 0 Å². The van der Waals surface area contributed by atoms with Gasteiger partial charge in [-0.05, 0) is 69.5 Å². The molecule has 1 aliphatic carbocycles. The summed E-state index contributed by atoms with van der Waals surface area (Å²) in [5, 5.41) is 8.80. The van der Waals surface area contributed by atoms with Crippen molar-refractivity contribution in [3.8, 4) is 0 Å². The summed E-state index contributed by atoms with van der Waals surface area (Å²) in [4.78, 5) is 61.2. The largest absolute Gasteiger partial charge is 0.363 e. The topological polar surface area (TPSA) is 171 Å². The minimum absolute atomic E-state index is 0.00837. The maximum Gasteiger partial charge on any atom is 0.315 e. The van der Waals surface area contributed by atoms with Crippen molar-refractivity contribution in [3.05, 3.63) is 0 Å². The molecule has 2 aliphatic rings. The summed E-state index contributed by atoms with van der Waals surface area (Å²) >= 11 is 0. The summed E-state index contributed by atoms with van der Waals surface area (Å²) in [7, 11) is 2.60. The van der Waals surface area contributed by atoms with Crippen molar-refractivity contribution in [1.82, 2.24) is 25.2 Å². The number of ketones is 1. The van der Waals surface area contributed by atoms with Gasteiger partial charge in [-0.25, -0.2) is 13.3 Å². The molecule has 5 N–H and O–H groups in total. The fourth-order valence-electron chi connectivity index (χ4n) is 6.44. The van der Waals surface area contributed by atoms with Gasteiger partial charge in [0.2, 0.25) is 11.7 Å². The highest BCUT2D eigenvalue weighted by molar-refractivity contribution is 7.81. The number of nitrogens with one attached hydrogen (secondary N) is 3. The van der Waals surface area contributed by atoms with Gasteiger partial charge < -0.3 is 26.5 Å². The van der Waals surface area contributed by atoms with E-state index in [0.717, 1.165) is 64.2 Å². The van der Waals surface area contributed by atoms with Gasteiger partial charge in [0.25, 0.3) is 5.91 Å². The number of amides is 4. The first kappa shape index (κ1) is 51.7. The number of Topliss-reactive ketones (excluding diaryl/α,β-unsaturated/α-hetero) is 1. The zero-order valence-electron chi connectivity index (χ0n) is 35.2. The van der Waals surface area contributed by atoms with Gasteiger partial charge >= 0.3 is 6.03 Å². The lowest BCUT2D eigenvalue weighted by molar-refractivity contribution is -0.136. The average Bonchev–Trinajstić information content (AvgIpc) is 3.50. The highest BCUT2D eigenvalue weighted by atomic mass is 32.2. The molecule has 2 fully saturated rings. The van der Waals surface area contributed by atoms with E-state index < -0.39 is 28.7 Å². The van der Waals surface area contributed by atoms with Gasteiger partial charge in [0.15, 0.2) is 0 Å². The molecule has 0 spiro atoms. The summed E-state index contributed by atoms with van der Waals surface area (Å²) in [5.41, 5.74) is 4.67. The maximum atomic E-state index is 12.5. The first-order chi connectivity index (χ1) is 24.3. The molecule has 1 saturated carbocycles.